The number of fused-ring (bicyclic) bond motifs is 1. The van der Waals surface area contributed by atoms with E-state index < -0.39 is 6.03 Å². The molecule has 19 heavy (non-hydrogen) atoms. The summed E-state index contributed by atoms with van der Waals surface area (Å²) >= 11 is 0. The first-order valence-corrected chi connectivity index (χ1v) is 6.50. The summed E-state index contributed by atoms with van der Waals surface area (Å²) in [5.74, 6) is -0.281. The number of rotatable bonds is 2. The van der Waals surface area contributed by atoms with E-state index in [0.717, 1.165) is 25.1 Å². The Morgan fingerprint density at radius 1 is 1.32 bits per heavy atom. The number of benzene rings is 1. The number of carbonyl (C=O) groups is 2. The summed E-state index contributed by atoms with van der Waals surface area (Å²) in [6.07, 6.45) is 2.06. The SMILES string of the molecule is CNC(=O)NC(=O)C(C)N1CCCc2ccccc21. The monoisotopic (exact) mass is 261 g/mol. The standard InChI is InChI=1S/C14H19N3O2/c1-10(13(18)16-14(19)15-2)17-9-5-7-11-6-3-4-8-12(11)17/h3-4,6,8,10H,5,7,9H2,1-2H3,(H2,15,16,18,19). The van der Waals surface area contributed by atoms with Gasteiger partial charge in [-0.2, -0.15) is 0 Å². The molecule has 0 spiro atoms. The van der Waals surface area contributed by atoms with E-state index in [1.165, 1.54) is 12.6 Å². The van der Waals surface area contributed by atoms with Gasteiger partial charge in [-0.15, -0.1) is 0 Å². The van der Waals surface area contributed by atoms with E-state index >= 15 is 0 Å². The highest BCUT2D eigenvalue weighted by Gasteiger charge is 2.26. The Kier molecular flexibility index (Phi) is 4.04. The van der Waals surface area contributed by atoms with Gasteiger partial charge in [-0.25, -0.2) is 4.79 Å². The first kappa shape index (κ1) is 13.4. The minimum absolute atomic E-state index is 0.281. The Hall–Kier alpha value is -2.04. The summed E-state index contributed by atoms with van der Waals surface area (Å²) in [6, 6.07) is 7.27. The maximum absolute atomic E-state index is 12.0. The van der Waals surface area contributed by atoms with Crippen LogP contribution in [0.4, 0.5) is 10.5 Å². The number of para-hydroxylation sites is 1. The maximum atomic E-state index is 12.0. The fourth-order valence-electron chi connectivity index (χ4n) is 2.39. The van der Waals surface area contributed by atoms with Crippen LogP contribution in [-0.2, 0) is 11.2 Å². The van der Waals surface area contributed by atoms with Crippen molar-refractivity contribution in [3.63, 3.8) is 0 Å². The Morgan fingerprint density at radius 3 is 2.79 bits per heavy atom. The van der Waals surface area contributed by atoms with Crippen LogP contribution in [-0.4, -0.2) is 31.6 Å². The maximum Gasteiger partial charge on any atom is 0.321 e. The van der Waals surface area contributed by atoms with E-state index in [4.69, 9.17) is 0 Å². The predicted octanol–water partition coefficient (Wildman–Crippen LogP) is 1.28. The zero-order valence-corrected chi connectivity index (χ0v) is 11.3. The lowest BCUT2D eigenvalue weighted by molar-refractivity contribution is -0.121. The Labute approximate surface area is 113 Å². The molecule has 1 aromatic carbocycles. The number of carbonyl (C=O) groups excluding carboxylic acids is 2. The van der Waals surface area contributed by atoms with Crippen molar-refractivity contribution in [2.24, 2.45) is 0 Å². The minimum Gasteiger partial charge on any atom is -0.360 e. The molecule has 3 amide bonds. The Bertz CT molecular complexity index is 487. The Morgan fingerprint density at radius 2 is 2.05 bits per heavy atom. The lowest BCUT2D eigenvalue weighted by Gasteiger charge is -2.35. The molecule has 102 valence electrons. The molecule has 5 nitrogen and oxygen atoms in total. The van der Waals surface area contributed by atoms with Gasteiger partial charge in [0, 0.05) is 19.3 Å². The summed E-state index contributed by atoms with van der Waals surface area (Å²) in [5, 5.41) is 4.71. The van der Waals surface area contributed by atoms with Crippen LogP contribution in [0.2, 0.25) is 0 Å². The molecule has 1 aliphatic heterocycles. The van der Waals surface area contributed by atoms with Crippen LogP contribution in [0.5, 0.6) is 0 Å². The van der Waals surface area contributed by atoms with Crippen molar-refractivity contribution < 1.29 is 9.59 Å². The van der Waals surface area contributed by atoms with Gasteiger partial charge in [-0.1, -0.05) is 18.2 Å². The topological polar surface area (TPSA) is 61.4 Å². The largest absolute Gasteiger partial charge is 0.360 e. The van der Waals surface area contributed by atoms with E-state index in [-0.39, 0.29) is 11.9 Å². The molecule has 0 saturated heterocycles. The van der Waals surface area contributed by atoms with Crippen LogP contribution >= 0.6 is 0 Å². The third-order valence-electron chi connectivity index (χ3n) is 3.46. The van der Waals surface area contributed by atoms with Crippen molar-refractivity contribution in [1.29, 1.82) is 0 Å². The number of amides is 3. The Balaban J connectivity index is 2.14. The zero-order valence-electron chi connectivity index (χ0n) is 11.3. The third-order valence-corrected chi connectivity index (χ3v) is 3.46. The van der Waals surface area contributed by atoms with Gasteiger partial charge in [-0.3, -0.25) is 10.1 Å². The molecular weight excluding hydrogens is 242 g/mol. The molecule has 1 aromatic rings. The van der Waals surface area contributed by atoms with Crippen LogP contribution in [0.25, 0.3) is 0 Å². The molecule has 0 fully saturated rings. The first-order valence-electron chi connectivity index (χ1n) is 6.50. The van der Waals surface area contributed by atoms with Gasteiger partial charge in [-0.05, 0) is 31.4 Å². The van der Waals surface area contributed by atoms with Gasteiger partial charge in [0.2, 0.25) is 5.91 Å². The van der Waals surface area contributed by atoms with Crippen LogP contribution < -0.4 is 15.5 Å². The van der Waals surface area contributed by atoms with Gasteiger partial charge >= 0.3 is 6.03 Å². The summed E-state index contributed by atoms with van der Waals surface area (Å²) in [4.78, 5) is 25.3. The van der Waals surface area contributed by atoms with E-state index in [2.05, 4.69) is 21.6 Å². The van der Waals surface area contributed by atoms with Crippen molar-refractivity contribution >= 4 is 17.6 Å². The predicted molar refractivity (Wildman–Crippen MR) is 74.2 cm³/mol. The van der Waals surface area contributed by atoms with Crippen molar-refractivity contribution in [3.8, 4) is 0 Å². The number of urea groups is 1. The molecule has 0 bridgehead atoms. The van der Waals surface area contributed by atoms with Gasteiger partial charge in [0.15, 0.2) is 0 Å². The molecule has 0 radical (unpaired) electrons. The molecular formula is C14H19N3O2. The molecule has 1 atom stereocenters. The molecule has 2 rings (SSSR count). The smallest absolute Gasteiger partial charge is 0.321 e. The van der Waals surface area contributed by atoms with Crippen molar-refractivity contribution in [1.82, 2.24) is 10.6 Å². The molecule has 0 saturated carbocycles. The normalized spacial score (nSPS) is 15.4. The molecule has 0 aliphatic carbocycles. The second-order valence-corrected chi connectivity index (χ2v) is 4.67. The highest BCUT2D eigenvalue weighted by Crippen LogP contribution is 2.28. The average Bonchev–Trinajstić information content (AvgIpc) is 2.45. The quantitative estimate of drug-likeness (QED) is 0.843. The summed E-state index contributed by atoms with van der Waals surface area (Å²) in [7, 11) is 1.49. The number of hydrogen-bond acceptors (Lipinski definition) is 3. The fourth-order valence-corrected chi connectivity index (χ4v) is 2.39. The second kappa shape index (κ2) is 5.73. The number of nitrogens with one attached hydrogen (secondary N) is 2. The summed E-state index contributed by atoms with van der Waals surface area (Å²) < 4.78 is 0. The number of imide groups is 1. The first-order chi connectivity index (χ1) is 9.13. The van der Waals surface area contributed by atoms with Crippen LogP contribution in [0, 0.1) is 0 Å². The van der Waals surface area contributed by atoms with E-state index in [0.29, 0.717) is 0 Å². The highest BCUT2D eigenvalue weighted by molar-refractivity contribution is 5.98. The highest BCUT2D eigenvalue weighted by atomic mass is 16.2. The molecule has 1 unspecified atom stereocenters. The van der Waals surface area contributed by atoms with Gasteiger partial charge < -0.3 is 10.2 Å². The van der Waals surface area contributed by atoms with E-state index in [1.54, 1.807) is 0 Å². The van der Waals surface area contributed by atoms with E-state index in [1.807, 2.05) is 25.1 Å². The van der Waals surface area contributed by atoms with Crippen molar-refractivity contribution in [2.45, 2.75) is 25.8 Å². The van der Waals surface area contributed by atoms with Gasteiger partial charge in [0.05, 0.1) is 0 Å². The van der Waals surface area contributed by atoms with E-state index in [9.17, 15) is 9.59 Å². The minimum atomic E-state index is -0.470. The second-order valence-electron chi connectivity index (χ2n) is 4.67. The number of hydrogen-bond donors (Lipinski definition) is 2. The number of anilines is 1. The molecule has 0 aromatic heterocycles. The average molecular weight is 261 g/mol. The molecule has 1 heterocycles. The van der Waals surface area contributed by atoms with Gasteiger partial charge in [0.25, 0.3) is 0 Å². The van der Waals surface area contributed by atoms with Crippen molar-refractivity contribution in [2.75, 3.05) is 18.5 Å². The number of nitrogens with zero attached hydrogens (tertiary/aromatic N) is 1. The fraction of sp³-hybridized carbons (Fsp3) is 0.429. The van der Waals surface area contributed by atoms with Crippen molar-refractivity contribution in [3.05, 3.63) is 29.8 Å². The van der Waals surface area contributed by atoms with Crippen LogP contribution in [0.1, 0.15) is 18.9 Å². The molecule has 2 N–H and O–H groups in total. The number of aryl methyl sites for hydroxylation is 1. The van der Waals surface area contributed by atoms with Crippen LogP contribution in [0.15, 0.2) is 24.3 Å². The summed E-state index contributed by atoms with van der Waals surface area (Å²) in [6.45, 7) is 2.65. The lowest BCUT2D eigenvalue weighted by Crippen LogP contribution is -2.50. The third kappa shape index (κ3) is 2.86. The van der Waals surface area contributed by atoms with Gasteiger partial charge in [0.1, 0.15) is 6.04 Å². The zero-order chi connectivity index (χ0) is 13.8. The molecule has 5 heteroatoms. The summed E-state index contributed by atoms with van der Waals surface area (Å²) in [5.41, 5.74) is 2.35. The lowest BCUT2D eigenvalue weighted by atomic mass is 10.00. The molecule has 1 aliphatic rings. The van der Waals surface area contributed by atoms with Crippen LogP contribution in [0.3, 0.4) is 0 Å².